The summed E-state index contributed by atoms with van der Waals surface area (Å²) in [6.45, 7) is 8.62. The number of hydrogen-bond donors (Lipinski definition) is 1. The molecule has 2 amide bonds. The molecule has 0 radical (unpaired) electrons. The zero-order chi connectivity index (χ0) is 15.2. The Labute approximate surface area is 127 Å². The highest BCUT2D eigenvalue weighted by atomic mass is 16.2. The lowest BCUT2D eigenvalue weighted by molar-refractivity contribution is 0.148. The van der Waals surface area contributed by atoms with Crippen LogP contribution < -0.4 is 5.32 Å². The Hall–Kier alpha value is -1.62. The zero-order valence-electron chi connectivity index (χ0n) is 13.2. The minimum Gasteiger partial charge on any atom is -0.338 e. The standard InChI is InChI=1S/C16H26N4O/c1-4-19(3)10-13(2)9-18-16(21)20-11-14(12-20)15-7-5-6-8-17-15/h5-8,13-14H,4,9-12H2,1-3H3,(H,18,21)/t13-/m1/s1. The molecule has 0 aliphatic carbocycles. The number of nitrogens with zero attached hydrogens (tertiary/aromatic N) is 3. The lowest BCUT2D eigenvalue weighted by atomic mass is 9.96. The second kappa shape index (κ2) is 7.41. The SMILES string of the molecule is CCN(C)C[C@H](C)CNC(=O)N1CC(c2ccccn2)C1. The number of urea groups is 1. The monoisotopic (exact) mass is 290 g/mol. The molecule has 1 atom stereocenters. The van der Waals surface area contributed by atoms with Gasteiger partial charge in [-0.3, -0.25) is 4.98 Å². The lowest BCUT2D eigenvalue weighted by Crippen LogP contribution is -2.53. The number of nitrogens with one attached hydrogen (secondary N) is 1. The third-order valence-corrected chi connectivity index (χ3v) is 4.04. The summed E-state index contributed by atoms with van der Waals surface area (Å²) in [5.74, 6) is 0.854. The van der Waals surface area contributed by atoms with Crippen LogP contribution in [-0.4, -0.2) is 60.6 Å². The summed E-state index contributed by atoms with van der Waals surface area (Å²) in [6.07, 6.45) is 1.81. The molecule has 1 saturated heterocycles. The van der Waals surface area contributed by atoms with E-state index in [4.69, 9.17) is 0 Å². The fraction of sp³-hybridized carbons (Fsp3) is 0.625. The second-order valence-corrected chi connectivity index (χ2v) is 6.00. The lowest BCUT2D eigenvalue weighted by Gasteiger charge is -2.39. The summed E-state index contributed by atoms with van der Waals surface area (Å²) in [6, 6.07) is 5.99. The van der Waals surface area contributed by atoms with Crippen molar-refractivity contribution in [1.82, 2.24) is 20.1 Å². The maximum absolute atomic E-state index is 12.0. The molecule has 21 heavy (non-hydrogen) atoms. The van der Waals surface area contributed by atoms with Gasteiger partial charge >= 0.3 is 6.03 Å². The first kappa shape index (κ1) is 15.8. The molecule has 0 bridgehead atoms. The smallest absolute Gasteiger partial charge is 0.317 e. The predicted octanol–water partition coefficient (Wildman–Crippen LogP) is 1.78. The number of carbonyl (C=O) groups is 1. The number of amides is 2. The van der Waals surface area contributed by atoms with Crippen LogP contribution in [0.1, 0.15) is 25.5 Å². The van der Waals surface area contributed by atoms with E-state index in [2.05, 4.69) is 36.1 Å². The average Bonchev–Trinajstić information content (AvgIpc) is 2.44. The van der Waals surface area contributed by atoms with Crippen LogP contribution >= 0.6 is 0 Å². The van der Waals surface area contributed by atoms with E-state index >= 15 is 0 Å². The third kappa shape index (κ3) is 4.43. The number of pyridine rings is 1. The molecule has 1 N–H and O–H groups in total. The largest absolute Gasteiger partial charge is 0.338 e. The molecule has 0 saturated carbocycles. The van der Waals surface area contributed by atoms with Crippen molar-refractivity contribution in [3.05, 3.63) is 30.1 Å². The van der Waals surface area contributed by atoms with Crippen LogP contribution in [0.2, 0.25) is 0 Å². The number of aromatic nitrogens is 1. The number of hydrogen-bond acceptors (Lipinski definition) is 3. The molecule has 5 heteroatoms. The first-order valence-electron chi connectivity index (χ1n) is 7.72. The quantitative estimate of drug-likeness (QED) is 0.869. The van der Waals surface area contributed by atoms with Crippen molar-refractivity contribution in [2.45, 2.75) is 19.8 Å². The van der Waals surface area contributed by atoms with Gasteiger partial charge in [0.25, 0.3) is 0 Å². The Morgan fingerprint density at radius 3 is 2.90 bits per heavy atom. The summed E-state index contributed by atoms with van der Waals surface area (Å²) in [4.78, 5) is 20.5. The predicted molar refractivity (Wildman–Crippen MR) is 84.3 cm³/mol. The van der Waals surface area contributed by atoms with Crippen molar-refractivity contribution >= 4 is 6.03 Å². The van der Waals surface area contributed by atoms with E-state index in [-0.39, 0.29) is 6.03 Å². The van der Waals surface area contributed by atoms with Gasteiger partial charge in [0.1, 0.15) is 0 Å². The highest BCUT2D eigenvalue weighted by Crippen LogP contribution is 2.24. The molecule has 2 rings (SSSR count). The van der Waals surface area contributed by atoms with E-state index in [9.17, 15) is 4.79 Å². The van der Waals surface area contributed by atoms with Crippen molar-refractivity contribution in [3.63, 3.8) is 0 Å². The normalized spacial score (nSPS) is 16.7. The van der Waals surface area contributed by atoms with E-state index in [1.807, 2.05) is 29.3 Å². The highest BCUT2D eigenvalue weighted by molar-refractivity contribution is 5.75. The summed E-state index contributed by atoms with van der Waals surface area (Å²) in [7, 11) is 2.10. The van der Waals surface area contributed by atoms with Crippen molar-refractivity contribution in [2.75, 3.05) is 39.8 Å². The third-order valence-electron chi connectivity index (χ3n) is 4.04. The maximum Gasteiger partial charge on any atom is 0.317 e. The summed E-state index contributed by atoms with van der Waals surface area (Å²) < 4.78 is 0. The zero-order valence-corrected chi connectivity index (χ0v) is 13.2. The number of rotatable bonds is 6. The van der Waals surface area contributed by atoms with Gasteiger partial charge in [-0.2, -0.15) is 0 Å². The van der Waals surface area contributed by atoms with Crippen LogP contribution in [0, 0.1) is 5.92 Å². The average molecular weight is 290 g/mol. The molecular weight excluding hydrogens is 264 g/mol. The van der Waals surface area contributed by atoms with E-state index in [1.54, 1.807) is 0 Å². The van der Waals surface area contributed by atoms with Gasteiger partial charge in [-0.1, -0.05) is 19.9 Å². The molecule has 1 aliphatic heterocycles. The van der Waals surface area contributed by atoms with Gasteiger partial charge in [-0.15, -0.1) is 0 Å². The Balaban J connectivity index is 1.67. The fourth-order valence-electron chi connectivity index (χ4n) is 2.55. The Morgan fingerprint density at radius 2 is 2.29 bits per heavy atom. The van der Waals surface area contributed by atoms with Gasteiger partial charge < -0.3 is 15.1 Å². The molecule has 0 spiro atoms. The Kier molecular flexibility index (Phi) is 5.56. The first-order valence-corrected chi connectivity index (χ1v) is 7.72. The van der Waals surface area contributed by atoms with Crippen molar-refractivity contribution in [2.24, 2.45) is 5.92 Å². The van der Waals surface area contributed by atoms with Crippen LogP contribution in [-0.2, 0) is 0 Å². The summed E-state index contributed by atoms with van der Waals surface area (Å²) in [5, 5.41) is 3.03. The molecule has 0 aromatic carbocycles. The van der Waals surface area contributed by atoms with Crippen LogP contribution in [0.5, 0.6) is 0 Å². The molecule has 1 aliphatic rings. The van der Waals surface area contributed by atoms with Crippen molar-refractivity contribution < 1.29 is 4.79 Å². The van der Waals surface area contributed by atoms with Gasteiger partial charge in [-0.05, 0) is 31.6 Å². The molecular formula is C16H26N4O. The fourth-order valence-corrected chi connectivity index (χ4v) is 2.55. The molecule has 2 heterocycles. The maximum atomic E-state index is 12.0. The summed E-state index contributed by atoms with van der Waals surface area (Å²) >= 11 is 0. The minimum atomic E-state index is 0.0492. The van der Waals surface area contributed by atoms with Gasteiger partial charge in [0.05, 0.1) is 0 Å². The van der Waals surface area contributed by atoms with Crippen molar-refractivity contribution in [3.8, 4) is 0 Å². The summed E-state index contributed by atoms with van der Waals surface area (Å²) in [5.41, 5.74) is 1.08. The minimum absolute atomic E-state index is 0.0492. The van der Waals surface area contributed by atoms with Crippen molar-refractivity contribution in [1.29, 1.82) is 0 Å². The topological polar surface area (TPSA) is 48.5 Å². The van der Waals surface area contributed by atoms with Crippen LogP contribution in [0.15, 0.2) is 24.4 Å². The molecule has 0 unspecified atom stereocenters. The van der Waals surface area contributed by atoms with Crippen LogP contribution in [0.3, 0.4) is 0 Å². The molecule has 1 aromatic rings. The van der Waals surface area contributed by atoms with E-state index in [0.29, 0.717) is 11.8 Å². The Morgan fingerprint density at radius 1 is 1.52 bits per heavy atom. The second-order valence-electron chi connectivity index (χ2n) is 6.00. The molecule has 5 nitrogen and oxygen atoms in total. The number of likely N-dealkylation sites (tertiary alicyclic amines) is 1. The van der Waals surface area contributed by atoms with E-state index in [1.165, 1.54) is 0 Å². The van der Waals surface area contributed by atoms with Crippen LogP contribution in [0.25, 0.3) is 0 Å². The van der Waals surface area contributed by atoms with E-state index < -0.39 is 0 Å². The first-order chi connectivity index (χ1) is 10.1. The molecule has 116 valence electrons. The molecule has 1 fully saturated rings. The van der Waals surface area contributed by atoms with Gasteiger partial charge in [0, 0.05) is 44.0 Å². The Bertz CT molecular complexity index is 445. The number of carbonyl (C=O) groups excluding carboxylic acids is 1. The molecule has 1 aromatic heterocycles. The van der Waals surface area contributed by atoms with Gasteiger partial charge in [-0.25, -0.2) is 4.79 Å². The van der Waals surface area contributed by atoms with E-state index in [0.717, 1.165) is 38.4 Å². The van der Waals surface area contributed by atoms with Crippen LogP contribution in [0.4, 0.5) is 4.79 Å². The highest BCUT2D eigenvalue weighted by Gasteiger charge is 2.32. The van der Waals surface area contributed by atoms with Gasteiger partial charge in [0.2, 0.25) is 0 Å². The van der Waals surface area contributed by atoms with Gasteiger partial charge in [0.15, 0.2) is 0 Å².